The Kier molecular flexibility index (Phi) is 3.04. The van der Waals surface area contributed by atoms with Crippen molar-refractivity contribution in [3.05, 3.63) is 30.6 Å². The topological polar surface area (TPSA) is 90.7 Å². The third-order valence-electron chi connectivity index (χ3n) is 2.84. The molecule has 1 aromatic carbocycles. The second-order valence-electron chi connectivity index (χ2n) is 3.95. The zero-order chi connectivity index (χ0) is 13.9. The molecule has 3 rings (SSSR count). The Hall–Kier alpha value is -2.90. The van der Waals surface area contributed by atoms with Crippen LogP contribution in [-0.4, -0.2) is 44.6 Å². The van der Waals surface area contributed by atoms with E-state index in [2.05, 4.69) is 25.7 Å². The van der Waals surface area contributed by atoms with Gasteiger partial charge >= 0.3 is 0 Å². The summed E-state index contributed by atoms with van der Waals surface area (Å²) < 4.78 is 12.1. The molecule has 0 amide bonds. The number of ether oxygens (including phenoxy) is 2. The third kappa shape index (κ3) is 2.07. The first kappa shape index (κ1) is 12.2. The summed E-state index contributed by atoms with van der Waals surface area (Å²) >= 11 is 0. The summed E-state index contributed by atoms with van der Waals surface area (Å²) in [7, 11) is 3.24. The van der Waals surface area contributed by atoms with Gasteiger partial charge in [0.25, 0.3) is 5.95 Å². The minimum Gasteiger partial charge on any atom is -0.497 e. The molecule has 8 heteroatoms. The molecule has 0 unspecified atom stereocenters. The Bertz CT molecular complexity index is 707. The van der Waals surface area contributed by atoms with Crippen molar-refractivity contribution in [3.8, 4) is 28.6 Å². The molecule has 0 spiro atoms. The van der Waals surface area contributed by atoms with Crippen LogP contribution in [0.4, 0.5) is 0 Å². The van der Waals surface area contributed by atoms with Gasteiger partial charge in [0.15, 0.2) is 0 Å². The maximum Gasteiger partial charge on any atom is 0.290 e. The molecule has 0 bridgehead atoms. The van der Waals surface area contributed by atoms with Crippen molar-refractivity contribution < 1.29 is 9.47 Å². The Balaban J connectivity index is 2.04. The van der Waals surface area contributed by atoms with Crippen LogP contribution < -0.4 is 9.47 Å². The van der Waals surface area contributed by atoms with Gasteiger partial charge in [-0.3, -0.25) is 0 Å². The highest BCUT2D eigenvalue weighted by Crippen LogP contribution is 2.33. The minimum atomic E-state index is 0.373. The minimum absolute atomic E-state index is 0.373. The van der Waals surface area contributed by atoms with Gasteiger partial charge in [0.2, 0.25) is 0 Å². The summed E-state index contributed by atoms with van der Waals surface area (Å²) in [5.74, 6) is 1.85. The molecule has 2 heterocycles. The van der Waals surface area contributed by atoms with Gasteiger partial charge in [-0.15, -0.1) is 5.10 Å². The summed E-state index contributed by atoms with van der Waals surface area (Å²) in [5, 5.41) is 17.8. The van der Waals surface area contributed by atoms with E-state index in [0.29, 0.717) is 5.95 Å². The van der Waals surface area contributed by atoms with E-state index < -0.39 is 0 Å². The zero-order valence-corrected chi connectivity index (χ0v) is 10.9. The van der Waals surface area contributed by atoms with Gasteiger partial charge < -0.3 is 9.47 Å². The van der Waals surface area contributed by atoms with E-state index in [1.165, 1.54) is 4.68 Å². The van der Waals surface area contributed by atoms with E-state index in [0.717, 1.165) is 22.6 Å². The average molecular weight is 272 g/mol. The molecular weight excluding hydrogens is 260 g/mol. The van der Waals surface area contributed by atoms with E-state index >= 15 is 0 Å². The molecule has 8 nitrogen and oxygen atoms in total. The van der Waals surface area contributed by atoms with Crippen LogP contribution in [0.2, 0.25) is 0 Å². The molecular formula is C12H12N6O2. The predicted octanol–water partition coefficient (Wildman–Crippen LogP) is 1.07. The van der Waals surface area contributed by atoms with Crippen LogP contribution >= 0.6 is 0 Å². The average Bonchev–Trinajstić information content (AvgIpc) is 3.17. The lowest BCUT2D eigenvalue weighted by Gasteiger charge is -2.08. The predicted molar refractivity (Wildman–Crippen MR) is 69.8 cm³/mol. The van der Waals surface area contributed by atoms with Crippen LogP contribution in [0.5, 0.6) is 11.5 Å². The van der Waals surface area contributed by atoms with Crippen molar-refractivity contribution in [2.45, 2.75) is 0 Å². The Morgan fingerprint density at radius 2 is 2.10 bits per heavy atom. The number of nitrogens with zero attached hydrogens (tertiary/aromatic N) is 5. The monoisotopic (exact) mass is 272 g/mol. The van der Waals surface area contributed by atoms with E-state index in [4.69, 9.17) is 9.47 Å². The quantitative estimate of drug-likeness (QED) is 0.764. The van der Waals surface area contributed by atoms with Crippen LogP contribution in [-0.2, 0) is 0 Å². The number of methoxy groups -OCH3 is 2. The first-order valence-electron chi connectivity index (χ1n) is 5.82. The van der Waals surface area contributed by atoms with Crippen molar-refractivity contribution in [2.75, 3.05) is 14.2 Å². The summed E-state index contributed by atoms with van der Waals surface area (Å²) in [6, 6.07) is 5.57. The number of H-pyrrole nitrogens is 1. The van der Waals surface area contributed by atoms with Gasteiger partial charge in [-0.05, 0) is 23.4 Å². The fourth-order valence-corrected chi connectivity index (χ4v) is 1.86. The number of rotatable bonds is 4. The maximum absolute atomic E-state index is 5.36. The Morgan fingerprint density at radius 1 is 1.20 bits per heavy atom. The summed E-state index contributed by atoms with van der Waals surface area (Å²) in [5.41, 5.74) is 1.74. The molecule has 0 fully saturated rings. The molecule has 0 saturated carbocycles. The van der Waals surface area contributed by atoms with Crippen LogP contribution in [0.15, 0.2) is 30.6 Å². The lowest BCUT2D eigenvalue weighted by molar-refractivity contribution is 0.404. The van der Waals surface area contributed by atoms with Crippen molar-refractivity contribution in [1.29, 1.82) is 0 Å². The maximum atomic E-state index is 5.36. The standard InChI is InChI=1S/C12H12N6O2/c1-19-9-3-4-11(20-2)10(5-9)8-6-13-18(7-8)12-14-16-17-15-12/h3-7H,1-2H3,(H,14,15,16,17). The number of hydrogen-bond donors (Lipinski definition) is 1. The number of tetrazole rings is 1. The SMILES string of the molecule is COc1ccc(OC)c(-c2cnn(-c3nn[nH]n3)c2)c1. The van der Waals surface area contributed by atoms with Crippen LogP contribution in [0.25, 0.3) is 17.1 Å². The van der Waals surface area contributed by atoms with Crippen LogP contribution in [0, 0.1) is 0 Å². The van der Waals surface area contributed by atoms with E-state index in [1.807, 2.05) is 18.2 Å². The van der Waals surface area contributed by atoms with E-state index in [9.17, 15) is 0 Å². The van der Waals surface area contributed by atoms with Gasteiger partial charge in [-0.25, -0.2) is 4.68 Å². The van der Waals surface area contributed by atoms with Crippen molar-refractivity contribution in [2.24, 2.45) is 0 Å². The van der Waals surface area contributed by atoms with Crippen molar-refractivity contribution in [3.63, 3.8) is 0 Å². The Labute approximate surface area is 114 Å². The summed E-state index contributed by atoms with van der Waals surface area (Å²) in [4.78, 5) is 0. The number of nitrogens with one attached hydrogen (secondary N) is 1. The molecule has 20 heavy (non-hydrogen) atoms. The Morgan fingerprint density at radius 3 is 2.80 bits per heavy atom. The van der Waals surface area contributed by atoms with E-state index in [1.54, 1.807) is 26.6 Å². The lowest BCUT2D eigenvalue weighted by atomic mass is 10.1. The van der Waals surface area contributed by atoms with Crippen molar-refractivity contribution in [1.82, 2.24) is 30.4 Å². The van der Waals surface area contributed by atoms with Crippen LogP contribution in [0.1, 0.15) is 0 Å². The highest BCUT2D eigenvalue weighted by Gasteiger charge is 2.11. The fourth-order valence-electron chi connectivity index (χ4n) is 1.86. The van der Waals surface area contributed by atoms with Gasteiger partial charge in [-0.2, -0.15) is 10.3 Å². The molecule has 102 valence electrons. The van der Waals surface area contributed by atoms with E-state index in [-0.39, 0.29) is 0 Å². The van der Waals surface area contributed by atoms with Crippen molar-refractivity contribution >= 4 is 0 Å². The number of hydrogen-bond acceptors (Lipinski definition) is 6. The zero-order valence-electron chi connectivity index (χ0n) is 10.9. The lowest BCUT2D eigenvalue weighted by Crippen LogP contribution is -1.96. The molecule has 0 aliphatic rings. The molecule has 0 saturated heterocycles. The highest BCUT2D eigenvalue weighted by molar-refractivity contribution is 5.71. The normalized spacial score (nSPS) is 10.5. The molecule has 2 aromatic heterocycles. The smallest absolute Gasteiger partial charge is 0.290 e. The molecule has 3 aromatic rings. The molecule has 0 aliphatic heterocycles. The van der Waals surface area contributed by atoms with Crippen LogP contribution in [0.3, 0.4) is 0 Å². The number of aromatic amines is 1. The van der Waals surface area contributed by atoms with Gasteiger partial charge in [0.1, 0.15) is 11.5 Å². The second-order valence-corrected chi connectivity index (χ2v) is 3.95. The number of aromatic nitrogens is 6. The highest BCUT2D eigenvalue weighted by atomic mass is 16.5. The first-order valence-corrected chi connectivity index (χ1v) is 5.82. The molecule has 0 atom stereocenters. The largest absolute Gasteiger partial charge is 0.497 e. The fraction of sp³-hybridized carbons (Fsp3) is 0.167. The van der Waals surface area contributed by atoms with Gasteiger partial charge in [-0.1, -0.05) is 5.10 Å². The molecule has 0 radical (unpaired) electrons. The van der Waals surface area contributed by atoms with Gasteiger partial charge in [0.05, 0.1) is 20.4 Å². The summed E-state index contributed by atoms with van der Waals surface area (Å²) in [6.45, 7) is 0. The first-order chi connectivity index (χ1) is 9.81. The molecule has 1 N–H and O–H groups in total. The number of benzene rings is 1. The molecule has 0 aliphatic carbocycles. The summed E-state index contributed by atoms with van der Waals surface area (Å²) in [6.07, 6.45) is 3.50. The van der Waals surface area contributed by atoms with Gasteiger partial charge in [0, 0.05) is 17.3 Å². The third-order valence-corrected chi connectivity index (χ3v) is 2.84. The second kappa shape index (κ2) is 5.00.